The Labute approximate surface area is 122 Å². The van der Waals surface area contributed by atoms with Crippen LogP contribution in [0.5, 0.6) is 0 Å². The van der Waals surface area contributed by atoms with Gasteiger partial charge in [-0.25, -0.2) is 9.59 Å². The number of unbranched alkanes of at least 4 members (excludes halogenated alkanes) is 1. The van der Waals surface area contributed by atoms with Gasteiger partial charge < -0.3 is 21.5 Å². The van der Waals surface area contributed by atoms with Crippen molar-refractivity contribution < 1.29 is 19.5 Å². The Morgan fingerprint density at radius 3 is 2.29 bits per heavy atom. The molecule has 0 aliphatic rings. The minimum Gasteiger partial charge on any atom is -0.478 e. The monoisotopic (exact) mass is 293 g/mol. The highest BCUT2D eigenvalue weighted by atomic mass is 16.4. The molecule has 0 heterocycles. The minimum absolute atomic E-state index is 0.0867. The van der Waals surface area contributed by atoms with Crippen LogP contribution < -0.4 is 16.4 Å². The summed E-state index contributed by atoms with van der Waals surface area (Å²) in [5, 5.41) is 14.0. The maximum Gasteiger partial charge on any atom is 0.335 e. The van der Waals surface area contributed by atoms with Crippen LogP contribution in [0.4, 0.5) is 4.79 Å². The fourth-order valence-corrected chi connectivity index (χ4v) is 1.68. The Morgan fingerprint density at radius 1 is 1.05 bits per heavy atom. The van der Waals surface area contributed by atoms with Crippen molar-refractivity contribution in [2.45, 2.75) is 25.8 Å². The van der Waals surface area contributed by atoms with Crippen molar-refractivity contribution in [3.63, 3.8) is 0 Å². The summed E-state index contributed by atoms with van der Waals surface area (Å²) >= 11 is 0. The predicted octanol–water partition coefficient (Wildman–Crippen LogP) is 0.840. The quantitative estimate of drug-likeness (QED) is 0.530. The Morgan fingerprint density at radius 2 is 1.71 bits per heavy atom. The zero-order valence-electron chi connectivity index (χ0n) is 11.6. The van der Waals surface area contributed by atoms with Gasteiger partial charge in [-0.15, -0.1) is 0 Å². The molecule has 0 spiro atoms. The molecule has 5 N–H and O–H groups in total. The average Bonchev–Trinajstić information content (AvgIpc) is 2.44. The van der Waals surface area contributed by atoms with Gasteiger partial charge in [-0.05, 0) is 30.5 Å². The van der Waals surface area contributed by atoms with Crippen LogP contribution in [0.2, 0.25) is 0 Å². The standard InChI is InChI=1S/C14H19N3O4/c15-14(21)16-8-2-1-3-12(18)17-9-10-4-6-11(7-5-10)13(19)20/h4-7H,1-3,8-9H2,(H,17,18)(H,19,20)(H3,15,16,21). The molecule has 1 rings (SSSR count). The molecular weight excluding hydrogens is 274 g/mol. The van der Waals surface area contributed by atoms with E-state index in [1.807, 2.05) is 0 Å². The molecule has 114 valence electrons. The van der Waals surface area contributed by atoms with Crippen molar-refractivity contribution in [3.8, 4) is 0 Å². The number of nitrogens with two attached hydrogens (primary N) is 1. The highest BCUT2D eigenvalue weighted by Gasteiger charge is 2.04. The summed E-state index contributed by atoms with van der Waals surface area (Å²) in [4.78, 5) is 32.7. The molecule has 0 aliphatic heterocycles. The number of benzene rings is 1. The van der Waals surface area contributed by atoms with Gasteiger partial charge in [0.15, 0.2) is 0 Å². The predicted molar refractivity (Wildman–Crippen MR) is 76.7 cm³/mol. The van der Waals surface area contributed by atoms with Crippen molar-refractivity contribution in [1.82, 2.24) is 10.6 Å². The molecule has 0 unspecified atom stereocenters. The number of aromatic carboxylic acids is 1. The van der Waals surface area contributed by atoms with E-state index in [0.717, 1.165) is 5.56 Å². The molecule has 0 saturated carbocycles. The number of rotatable bonds is 8. The van der Waals surface area contributed by atoms with Gasteiger partial charge in [0.1, 0.15) is 0 Å². The minimum atomic E-state index is -0.977. The van der Waals surface area contributed by atoms with Crippen LogP contribution >= 0.6 is 0 Å². The Kier molecular flexibility index (Phi) is 6.73. The molecule has 0 radical (unpaired) electrons. The fraction of sp³-hybridized carbons (Fsp3) is 0.357. The van der Waals surface area contributed by atoms with E-state index in [1.54, 1.807) is 12.1 Å². The third-order valence-electron chi connectivity index (χ3n) is 2.82. The van der Waals surface area contributed by atoms with Gasteiger partial charge in [-0.1, -0.05) is 12.1 Å². The topological polar surface area (TPSA) is 122 Å². The average molecular weight is 293 g/mol. The van der Waals surface area contributed by atoms with Crippen LogP contribution in [0.15, 0.2) is 24.3 Å². The van der Waals surface area contributed by atoms with E-state index in [9.17, 15) is 14.4 Å². The number of carboxylic acids is 1. The molecule has 1 aromatic carbocycles. The number of carboxylic acid groups (broad SMARTS) is 1. The fourth-order valence-electron chi connectivity index (χ4n) is 1.68. The Hall–Kier alpha value is -2.57. The second kappa shape index (κ2) is 8.57. The molecule has 7 nitrogen and oxygen atoms in total. The first kappa shape index (κ1) is 16.5. The number of carbonyl (C=O) groups is 3. The number of amides is 3. The molecular formula is C14H19N3O4. The molecule has 1 aromatic rings. The summed E-state index contributed by atoms with van der Waals surface area (Å²) in [6.07, 6.45) is 1.71. The maximum absolute atomic E-state index is 11.6. The Bertz CT molecular complexity index is 499. The van der Waals surface area contributed by atoms with Gasteiger partial charge in [0, 0.05) is 19.5 Å². The largest absolute Gasteiger partial charge is 0.478 e. The van der Waals surface area contributed by atoms with Crippen LogP contribution in [0.3, 0.4) is 0 Å². The highest BCUT2D eigenvalue weighted by Crippen LogP contribution is 2.04. The smallest absolute Gasteiger partial charge is 0.335 e. The van der Waals surface area contributed by atoms with Gasteiger partial charge in [0.25, 0.3) is 0 Å². The van der Waals surface area contributed by atoms with Gasteiger partial charge in [-0.2, -0.15) is 0 Å². The summed E-state index contributed by atoms with van der Waals surface area (Å²) in [6.45, 7) is 0.817. The van der Waals surface area contributed by atoms with Crippen molar-refractivity contribution in [3.05, 3.63) is 35.4 Å². The lowest BCUT2D eigenvalue weighted by Crippen LogP contribution is -2.30. The summed E-state index contributed by atoms with van der Waals surface area (Å²) in [6, 6.07) is 5.77. The second-order valence-corrected chi connectivity index (χ2v) is 4.53. The molecule has 0 bridgehead atoms. The summed E-state index contributed by atoms with van der Waals surface area (Å²) in [5.74, 6) is -1.06. The molecule has 0 atom stereocenters. The Balaban J connectivity index is 2.20. The van der Waals surface area contributed by atoms with Crippen LogP contribution in [0, 0.1) is 0 Å². The van der Waals surface area contributed by atoms with Crippen molar-refractivity contribution >= 4 is 17.9 Å². The van der Waals surface area contributed by atoms with E-state index in [2.05, 4.69) is 10.6 Å². The molecule has 0 aliphatic carbocycles. The number of urea groups is 1. The summed E-state index contributed by atoms with van der Waals surface area (Å²) in [5.41, 5.74) is 5.96. The van der Waals surface area contributed by atoms with Crippen LogP contribution in [-0.4, -0.2) is 29.6 Å². The molecule has 7 heteroatoms. The van der Waals surface area contributed by atoms with Gasteiger partial charge in [0.2, 0.25) is 5.91 Å². The molecule has 21 heavy (non-hydrogen) atoms. The molecule has 0 saturated heterocycles. The van der Waals surface area contributed by atoms with E-state index in [0.29, 0.717) is 32.4 Å². The zero-order valence-corrected chi connectivity index (χ0v) is 11.6. The summed E-state index contributed by atoms with van der Waals surface area (Å²) < 4.78 is 0. The van der Waals surface area contributed by atoms with Crippen LogP contribution in [-0.2, 0) is 11.3 Å². The first-order valence-corrected chi connectivity index (χ1v) is 6.61. The first-order valence-electron chi connectivity index (χ1n) is 6.61. The number of nitrogens with one attached hydrogen (secondary N) is 2. The van der Waals surface area contributed by atoms with E-state index < -0.39 is 12.0 Å². The van der Waals surface area contributed by atoms with E-state index in [-0.39, 0.29) is 11.5 Å². The third-order valence-corrected chi connectivity index (χ3v) is 2.82. The van der Waals surface area contributed by atoms with E-state index in [4.69, 9.17) is 10.8 Å². The molecule has 0 fully saturated rings. The number of hydrogen-bond donors (Lipinski definition) is 4. The van der Waals surface area contributed by atoms with Crippen molar-refractivity contribution in [2.24, 2.45) is 5.73 Å². The third kappa shape index (κ3) is 6.95. The lowest BCUT2D eigenvalue weighted by molar-refractivity contribution is -0.121. The second-order valence-electron chi connectivity index (χ2n) is 4.53. The number of primary amides is 1. The van der Waals surface area contributed by atoms with Crippen molar-refractivity contribution in [2.75, 3.05) is 6.54 Å². The maximum atomic E-state index is 11.6. The lowest BCUT2D eigenvalue weighted by Gasteiger charge is -2.06. The van der Waals surface area contributed by atoms with Gasteiger partial charge in [0.05, 0.1) is 5.56 Å². The number of carbonyl (C=O) groups excluding carboxylic acids is 2. The van der Waals surface area contributed by atoms with Gasteiger partial charge >= 0.3 is 12.0 Å². The SMILES string of the molecule is NC(=O)NCCCCC(=O)NCc1ccc(C(=O)O)cc1. The van der Waals surface area contributed by atoms with Crippen LogP contribution in [0.1, 0.15) is 35.2 Å². The normalized spacial score (nSPS) is 9.90. The van der Waals surface area contributed by atoms with Gasteiger partial charge in [-0.3, -0.25) is 4.79 Å². The highest BCUT2D eigenvalue weighted by molar-refractivity contribution is 5.87. The van der Waals surface area contributed by atoms with E-state index in [1.165, 1.54) is 12.1 Å². The first-order chi connectivity index (χ1) is 9.99. The molecule has 3 amide bonds. The molecule has 0 aromatic heterocycles. The van der Waals surface area contributed by atoms with Crippen molar-refractivity contribution in [1.29, 1.82) is 0 Å². The van der Waals surface area contributed by atoms with E-state index >= 15 is 0 Å². The zero-order chi connectivity index (χ0) is 15.7. The number of hydrogen-bond acceptors (Lipinski definition) is 3. The van der Waals surface area contributed by atoms with Crippen LogP contribution in [0.25, 0.3) is 0 Å². The summed E-state index contributed by atoms with van der Waals surface area (Å²) in [7, 11) is 0. The lowest BCUT2D eigenvalue weighted by atomic mass is 10.1.